The molecule has 0 aromatic heterocycles. The van der Waals surface area contributed by atoms with Crippen molar-refractivity contribution >= 4 is 15.9 Å². The van der Waals surface area contributed by atoms with Gasteiger partial charge in [-0.3, -0.25) is 5.41 Å². The molecule has 0 aliphatic carbocycles. The molecule has 0 fully saturated rings. The van der Waals surface area contributed by atoms with Crippen LogP contribution in [-0.4, -0.2) is 26.0 Å². The van der Waals surface area contributed by atoms with Gasteiger partial charge in [0.05, 0.1) is 11.6 Å². The molecule has 1 atom stereocenters. The van der Waals surface area contributed by atoms with Crippen molar-refractivity contribution in [2.75, 3.05) is 5.75 Å². The first kappa shape index (κ1) is 12.4. The molecule has 4 N–H and O–H groups in total. The molecule has 6 heteroatoms. The van der Waals surface area contributed by atoms with Crippen LogP contribution < -0.4 is 10.5 Å². The van der Waals surface area contributed by atoms with Gasteiger partial charge in [-0.25, -0.2) is 13.1 Å². The third kappa shape index (κ3) is 5.59. The van der Waals surface area contributed by atoms with Gasteiger partial charge in [0.1, 0.15) is 0 Å². The lowest BCUT2D eigenvalue weighted by molar-refractivity contribution is 0.546. The van der Waals surface area contributed by atoms with Gasteiger partial charge < -0.3 is 5.73 Å². The molecule has 0 saturated heterocycles. The molecule has 0 spiro atoms. The average Bonchev–Trinajstić information content (AvgIpc) is 2.02. The third-order valence-corrected chi connectivity index (χ3v) is 3.14. The summed E-state index contributed by atoms with van der Waals surface area (Å²) in [6, 6.07) is -0.248. The van der Waals surface area contributed by atoms with Crippen molar-refractivity contribution in [1.82, 2.24) is 4.72 Å². The standard InChI is InChI=1S/C7H17N3O2S/c1-3-6(5-7(8)9)10-13(11,12)4-2/h6,10H,3-5H2,1-2H3,(H3,8,9). The molecule has 0 radical (unpaired) electrons. The highest BCUT2D eigenvalue weighted by Crippen LogP contribution is 1.99. The number of nitrogens with two attached hydrogens (primary N) is 1. The second-order valence-electron chi connectivity index (χ2n) is 2.86. The van der Waals surface area contributed by atoms with E-state index in [0.717, 1.165) is 0 Å². The zero-order valence-electron chi connectivity index (χ0n) is 8.00. The highest BCUT2D eigenvalue weighted by molar-refractivity contribution is 7.89. The van der Waals surface area contributed by atoms with Crippen molar-refractivity contribution < 1.29 is 8.42 Å². The van der Waals surface area contributed by atoms with Gasteiger partial charge in [0.15, 0.2) is 0 Å². The van der Waals surface area contributed by atoms with Crippen molar-refractivity contribution in [1.29, 1.82) is 5.41 Å². The highest BCUT2D eigenvalue weighted by Gasteiger charge is 2.14. The number of nitrogens with one attached hydrogen (secondary N) is 2. The predicted molar refractivity (Wildman–Crippen MR) is 53.2 cm³/mol. The maximum atomic E-state index is 11.1. The Kier molecular flexibility index (Phi) is 4.94. The van der Waals surface area contributed by atoms with Crippen LogP contribution in [0, 0.1) is 5.41 Å². The monoisotopic (exact) mass is 207 g/mol. The largest absolute Gasteiger partial charge is 0.388 e. The Balaban J connectivity index is 4.21. The van der Waals surface area contributed by atoms with E-state index in [-0.39, 0.29) is 24.1 Å². The molecular formula is C7H17N3O2S. The lowest BCUT2D eigenvalue weighted by atomic mass is 10.1. The number of sulfonamides is 1. The third-order valence-electron chi connectivity index (χ3n) is 1.69. The molecule has 13 heavy (non-hydrogen) atoms. The summed E-state index contributed by atoms with van der Waals surface area (Å²) in [6.07, 6.45) is 0.911. The van der Waals surface area contributed by atoms with Crippen molar-refractivity contribution in [3.63, 3.8) is 0 Å². The topological polar surface area (TPSA) is 96.0 Å². The van der Waals surface area contributed by atoms with Crippen LogP contribution in [0.1, 0.15) is 26.7 Å². The first-order chi connectivity index (χ1) is 5.91. The Labute approximate surface area is 79.3 Å². The minimum Gasteiger partial charge on any atom is -0.388 e. The van der Waals surface area contributed by atoms with Gasteiger partial charge >= 0.3 is 0 Å². The van der Waals surface area contributed by atoms with Crippen LogP contribution in [0.15, 0.2) is 0 Å². The SMILES string of the molecule is CCC(CC(=N)N)NS(=O)(=O)CC. The number of amidine groups is 1. The Morgan fingerprint density at radius 1 is 1.54 bits per heavy atom. The minimum atomic E-state index is -3.18. The fraction of sp³-hybridized carbons (Fsp3) is 0.857. The number of hydrogen-bond acceptors (Lipinski definition) is 3. The molecule has 0 aromatic rings. The van der Waals surface area contributed by atoms with Gasteiger partial charge in [-0.15, -0.1) is 0 Å². The first-order valence-corrected chi connectivity index (χ1v) is 5.89. The molecule has 1 unspecified atom stereocenters. The van der Waals surface area contributed by atoms with Gasteiger partial charge in [0, 0.05) is 12.5 Å². The molecule has 0 saturated carbocycles. The van der Waals surface area contributed by atoms with Crippen LogP contribution in [0.4, 0.5) is 0 Å². The van der Waals surface area contributed by atoms with E-state index in [4.69, 9.17) is 11.1 Å². The maximum Gasteiger partial charge on any atom is 0.211 e. The van der Waals surface area contributed by atoms with E-state index >= 15 is 0 Å². The van der Waals surface area contributed by atoms with Crippen LogP contribution in [-0.2, 0) is 10.0 Å². The lowest BCUT2D eigenvalue weighted by Crippen LogP contribution is -2.38. The van der Waals surface area contributed by atoms with E-state index in [0.29, 0.717) is 6.42 Å². The van der Waals surface area contributed by atoms with Crippen molar-refractivity contribution in [2.24, 2.45) is 5.73 Å². The van der Waals surface area contributed by atoms with Crippen molar-refractivity contribution in [3.05, 3.63) is 0 Å². The van der Waals surface area contributed by atoms with E-state index in [1.165, 1.54) is 0 Å². The van der Waals surface area contributed by atoms with Crippen LogP contribution in [0.3, 0.4) is 0 Å². The summed E-state index contributed by atoms with van der Waals surface area (Å²) >= 11 is 0. The van der Waals surface area contributed by atoms with Crippen LogP contribution in [0.5, 0.6) is 0 Å². The molecule has 0 amide bonds. The van der Waals surface area contributed by atoms with Crippen molar-refractivity contribution in [2.45, 2.75) is 32.7 Å². The fourth-order valence-electron chi connectivity index (χ4n) is 0.872. The van der Waals surface area contributed by atoms with E-state index < -0.39 is 10.0 Å². The smallest absolute Gasteiger partial charge is 0.211 e. The van der Waals surface area contributed by atoms with Gasteiger partial charge in [-0.2, -0.15) is 0 Å². The quantitative estimate of drug-likeness (QED) is 0.423. The summed E-state index contributed by atoms with van der Waals surface area (Å²) in [5.74, 6) is 0.0622. The van der Waals surface area contributed by atoms with Gasteiger partial charge in [0.25, 0.3) is 0 Å². The number of rotatable bonds is 6. The second-order valence-corrected chi connectivity index (χ2v) is 4.90. The lowest BCUT2D eigenvalue weighted by Gasteiger charge is -2.15. The Hall–Kier alpha value is -0.620. The molecule has 5 nitrogen and oxygen atoms in total. The fourth-order valence-corrected chi connectivity index (χ4v) is 1.80. The minimum absolute atomic E-state index is 0.00523. The predicted octanol–water partition coefficient (Wildman–Crippen LogP) is 0.0304. The summed E-state index contributed by atoms with van der Waals surface area (Å²) < 4.78 is 24.7. The first-order valence-electron chi connectivity index (χ1n) is 4.24. The number of hydrogen-bond donors (Lipinski definition) is 3. The van der Waals surface area contributed by atoms with Crippen molar-refractivity contribution in [3.8, 4) is 0 Å². The van der Waals surface area contributed by atoms with Gasteiger partial charge in [-0.1, -0.05) is 6.92 Å². The molecule has 0 heterocycles. The second kappa shape index (κ2) is 5.18. The zero-order chi connectivity index (χ0) is 10.5. The molecule has 0 aliphatic rings. The summed E-state index contributed by atoms with van der Waals surface area (Å²) in [5.41, 5.74) is 5.18. The van der Waals surface area contributed by atoms with Crippen LogP contribution in [0.25, 0.3) is 0 Å². The molecule has 0 rings (SSSR count). The average molecular weight is 207 g/mol. The Bertz CT molecular complexity index is 261. The van der Waals surface area contributed by atoms with Gasteiger partial charge in [0.2, 0.25) is 10.0 Å². The summed E-state index contributed by atoms with van der Waals surface area (Å²) in [6.45, 7) is 3.43. The maximum absolute atomic E-state index is 11.1. The normalized spacial score (nSPS) is 14.0. The van der Waals surface area contributed by atoms with Crippen LogP contribution in [0.2, 0.25) is 0 Å². The summed E-state index contributed by atoms with van der Waals surface area (Å²) in [4.78, 5) is 0. The van der Waals surface area contributed by atoms with Gasteiger partial charge in [-0.05, 0) is 13.3 Å². The van der Waals surface area contributed by atoms with E-state index in [1.54, 1.807) is 6.92 Å². The summed E-state index contributed by atoms with van der Waals surface area (Å²) in [7, 11) is -3.18. The Morgan fingerprint density at radius 2 is 2.08 bits per heavy atom. The zero-order valence-corrected chi connectivity index (χ0v) is 8.82. The Morgan fingerprint density at radius 3 is 2.38 bits per heavy atom. The highest BCUT2D eigenvalue weighted by atomic mass is 32.2. The van der Waals surface area contributed by atoms with E-state index in [2.05, 4.69) is 4.72 Å². The van der Waals surface area contributed by atoms with Crippen LogP contribution >= 0.6 is 0 Å². The molecule has 0 aromatic carbocycles. The summed E-state index contributed by atoms with van der Waals surface area (Å²) in [5, 5.41) is 7.04. The molecular weight excluding hydrogens is 190 g/mol. The van der Waals surface area contributed by atoms with E-state index in [1.807, 2.05) is 6.92 Å². The molecule has 0 aliphatic heterocycles. The van der Waals surface area contributed by atoms with E-state index in [9.17, 15) is 8.42 Å². The molecule has 0 bridgehead atoms. The molecule has 78 valence electrons.